The highest BCUT2D eigenvalue weighted by Gasteiger charge is 2.07. The molecule has 1 aromatic carbocycles. The van der Waals surface area contributed by atoms with Crippen LogP contribution in [0.25, 0.3) is 6.08 Å². The monoisotopic (exact) mass is 241 g/mol. The van der Waals surface area contributed by atoms with E-state index in [4.69, 9.17) is 10.4 Å². The number of allylic oxidation sites excluding steroid dienone is 1. The average molecular weight is 241 g/mol. The van der Waals surface area contributed by atoms with Gasteiger partial charge in [-0.05, 0) is 24.1 Å². The number of hydrogen-bond acceptors (Lipinski definition) is 3. The number of nitrogens with zero attached hydrogens (tertiary/aromatic N) is 1. The lowest BCUT2D eigenvalue weighted by Crippen LogP contribution is -1.99. The highest BCUT2D eigenvalue weighted by atomic mass is 16.4. The Hall–Kier alpha value is -2.67. The molecule has 0 saturated carbocycles. The molecule has 4 heteroatoms. The van der Waals surface area contributed by atoms with E-state index in [1.807, 2.05) is 0 Å². The topological polar surface area (TPSA) is 78.2 Å². The molecule has 0 atom stereocenters. The van der Waals surface area contributed by atoms with Gasteiger partial charge in [-0.1, -0.05) is 30.8 Å². The third-order valence-corrected chi connectivity index (χ3v) is 2.22. The normalized spacial score (nSPS) is 10.6. The number of hydrogen-bond donors (Lipinski definition) is 1. The fraction of sp³-hybridized carbons (Fsp3) is 0.0714. The summed E-state index contributed by atoms with van der Waals surface area (Å²) >= 11 is 0. The van der Waals surface area contributed by atoms with E-state index in [2.05, 4.69) is 6.58 Å². The Labute approximate surface area is 104 Å². The Morgan fingerprint density at radius 1 is 1.33 bits per heavy atom. The predicted octanol–water partition coefficient (Wildman–Crippen LogP) is 2.44. The summed E-state index contributed by atoms with van der Waals surface area (Å²) in [5.41, 5.74) is 1.11. The van der Waals surface area contributed by atoms with Crippen LogP contribution in [0.4, 0.5) is 0 Å². The Balaban J connectivity index is 3.04. The van der Waals surface area contributed by atoms with Crippen LogP contribution in [0.5, 0.6) is 0 Å². The van der Waals surface area contributed by atoms with Gasteiger partial charge in [0.05, 0.1) is 0 Å². The first kappa shape index (κ1) is 13.4. The molecule has 0 heterocycles. The van der Waals surface area contributed by atoms with Crippen molar-refractivity contribution < 1.29 is 14.7 Å². The minimum absolute atomic E-state index is 0.163. The lowest BCUT2D eigenvalue weighted by Gasteiger charge is -2.00. The van der Waals surface area contributed by atoms with Gasteiger partial charge in [0.15, 0.2) is 5.78 Å². The van der Waals surface area contributed by atoms with Crippen molar-refractivity contribution in [3.8, 4) is 6.07 Å². The number of Topliss-reactive ketones (excluding diaryl/α,β-unsaturated/α-hetero) is 1. The SMILES string of the molecule is C=C(C)C(=O)c1ccc(C=C(C#N)C(=O)O)cc1. The van der Waals surface area contributed by atoms with Gasteiger partial charge in [0.25, 0.3) is 0 Å². The van der Waals surface area contributed by atoms with E-state index >= 15 is 0 Å². The van der Waals surface area contributed by atoms with Crippen molar-refractivity contribution in [2.45, 2.75) is 6.92 Å². The van der Waals surface area contributed by atoms with Crippen molar-refractivity contribution in [2.75, 3.05) is 0 Å². The highest BCUT2D eigenvalue weighted by Crippen LogP contribution is 2.11. The maximum absolute atomic E-state index is 11.6. The summed E-state index contributed by atoms with van der Waals surface area (Å²) < 4.78 is 0. The van der Waals surface area contributed by atoms with Crippen LogP contribution in [0, 0.1) is 11.3 Å². The Morgan fingerprint density at radius 3 is 2.28 bits per heavy atom. The van der Waals surface area contributed by atoms with Gasteiger partial charge in [-0.3, -0.25) is 4.79 Å². The molecule has 0 spiro atoms. The van der Waals surface area contributed by atoms with Crippen LogP contribution in [0.1, 0.15) is 22.8 Å². The lowest BCUT2D eigenvalue weighted by molar-refractivity contribution is -0.132. The van der Waals surface area contributed by atoms with Gasteiger partial charge < -0.3 is 5.11 Å². The molecule has 0 aliphatic carbocycles. The van der Waals surface area contributed by atoms with Crippen LogP contribution in [-0.2, 0) is 4.79 Å². The molecule has 0 amide bonds. The molecule has 0 radical (unpaired) electrons. The number of carboxylic acid groups (broad SMARTS) is 1. The van der Waals surface area contributed by atoms with Gasteiger partial charge in [0, 0.05) is 5.56 Å². The van der Waals surface area contributed by atoms with E-state index in [0.29, 0.717) is 16.7 Å². The minimum atomic E-state index is -1.28. The van der Waals surface area contributed by atoms with Crippen molar-refractivity contribution in [3.63, 3.8) is 0 Å². The van der Waals surface area contributed by atoms with Gasteiger partial charge >= 0.3 is 5.97 Å². The van der Waals surface area contributed by atoms with E-state index in [1.165, 1.54) is 6.08 Å². The first-order valence-corrected chi connectivity index (χ1v) is 5.11. The van der Waals surface area contributed by atoms with Gasteiger partial charge in [0.2, 0.25) is 0 Å². The number of ketones is 1. The minimum Gasteiger partial charge on any atom is -0.477 e. The van der Waals surface area contributed by atoms with Crippen molar-refractivity contribution in [1.82, 2.24) is 0 Å². The molecule has 1 aromatic rings. The molecule has 1 rings (SSSR count). The second-order valence-electron chi connectivity index (χ2n) is 3.71. The summed E-state index contributed by atoms with van der Waals surface area (Å²) in [6.07, 6.45) is 1.25. The smallest absolute Gasteiger partial charge is 0.346 e. The molecule has 4 nitrogen and oxygen atoms in total. The van der Waals surface area contributed by atoms with Crippen LogP contribution in [0.2, 0.25) is 0 Å². The van der Waals surface area contributed by atoms with Crippen LogP contribution >= 0.6 is 0 Å². The molecule has 0 saturated heterocycles. The van der Waals surface area contributed by atoms with E-state index in [0.717, 1.165) is 0 Å². The third kappa shape index (κ3) is 3.16. The number of carboxylic acids is 1. The maximum atomic E-state index is 11.6. The zero-order valence-electron chi connectivity index (χ0n) is 9.80. The number of benzene rings is 1. The molecule has 18 heavy (non-hydrogen) atoms. The Bertz CT molecular complexity index is 574. The molecule has 0 unspecified atom stereocenters. The van der Waals surface area contributed by atoms with Crippen molar-refractivity contribution >= 4 is 17.8 Å². The second-order valence-corrected chi connectivity index (χ2v) is 3.71. The molecule has 0 fully saturated rings. The summed E-state index contributed by atoms with van der Waals surface area (Å²) in [5, 5.41) is 17.3. The molecule has 90 valence electrons. The Kier molecular flexibility index (Phi) is 4.16. The summed E-state index contributed by atoms with van der Waals surface area (Å²) in [6, 6.07) is 7.88. The van der Waals surface area contributed by atoms with Crippen molar-refractivity contribution in [2.24, 2.45) is 0 Å². The van der Waals surface area contributed by atoms with Gasteiger partial charge in [-0.2, -0.15) is 5.26 Å². The average Bonchev–Trinajstić information content (AvgIpc) is 2.35. The Morgan fingerprint density at radius 2 is 1.89 bits per heavy atom. The largest absolute Gasteiger partial charge is 0.477 e. The lowest BCUT2D eigenvalue weighted by atomic mass is 10.0. The molecule has 1 N–H and O–H groups in total. The standard InChI is InChI=1S/C14H11NO3/c1-9(2)13(16)11-5-3-10(4-6-11)7-12(8-15)14(17)18/h3-7H,1H2,2H3,(H,17,18). The highest BCUT2D eigenvalue weighted by molar-refractivity contribution is 6.08. The third-order valence-electron chi connectivity index (χ3n) is 2.22. The molecule has 0 aliphatic rings. The molecule has 0 bridgehead atoms. The van der Waals surface area contributed by atoms with Crippen LogP contribution < -0.4 is 0 Å². The zero-order valence-corrected chi connectivity index (χ0v) is 9.80. The molecule has 0 aromatic heterocycles. The zero-order chi connectivity index (χ0) is 13.7. The van der Waals surface area contributed by atoms with Crippen LogP contribution in [0.15, 0.2) is 42.0 Å². The van der Waals surface area contributed by atoms with Crippen molar-refractivity contribution in [3.05, 3.63) is 53.1 Å². The summed E-state index contributed by atoms with van der Waals surface area (Å²) in [6.45, 7) is 5.18. The number of aliphatic carboxylic acids is 1. The fourth-order valence-electron chi connectivity index (χ4n) is 1.29. The number of rotatable bonds is 4. The van der Waals surface area contributed by atoms with E-state index in [1.54, 1.807) is 37.3 Å². The number of carbonyl (C=O) groups is 2. The van der Waals surface area contributed by atoms with Crippen LogP contribution in [-0.4, -0.2) is 16.9 Å². The maximum Gasteiger partial charge on any atom is 0.346 e. The van der Waals surface area contributed by atoms with Crippen LogP contribution in [0.3, 0.4) is 0 Å². The van der Waals surface area contributed by atoms with Gasteiger partial charge in [0.1, 0.15) is 11.6 Å². The fourth-order valence-corrected chi connectivity index (χ4v) is 1.29. The van der Waals surface area contributed by atoms with E-state index in [9.17, 15) is 9.59 Å². The summed E-state index contributed by atoms with van der Waals surface area (Å²) in [4.78, 5) is 22.2. The molecule has 0 aliphatic heterocycles. The molecular formula is C14H11NO3. The van der Waals surface area contributed by atoms with E-state index in [-0.39, 0.29) is 11.4 Å². The van der Waals surface area contributed by atoms with Crippen molar-refractivity contribution in [1.29, 1.82) is 5.26 Å². The summed E-state index contributed by atoms with van der Waals surface area (Å²) in [5.74, 6) is -1.44. The first-order valence-electron chi connectivity index (χ1n) is 5.11. The van der Waals surface area contributed by atoms with Gasteiger partial charge in [-0.25, -0.2) is 4.79 Å². The number of nitriles is 1. The second kappa shape index (κ2) is 5.60. The first-order chi connectivity index (χ1) is 8.45. The summed E-state index contributed by atoms with van der Waals surface area (Å²) in [7, 11) is 0. The van der Waals surface area contributed by atoms with E-state index < -0.39 is 5.97 Å². The quantitative estimate of drug-likeness (QED) is 0.499. The number of carbonyl (C=O) groups excluding carboxylic acids is 1. The van der Waals surface area contributed by atoms with Gasteiger partial charge in [-0.15, -0.1) is 0 Å². The molecular weight excluding hydrogens is 230 g/mol. The predicted molar refractivity (Wildman–Crippen MR) is 66.8 cm³/mol.